The zero-order valence-electron chi connectivity index (χ0n) is 11.7. The average Bonchev–Trinajstić information content (AvgIpc) is 2.97. The maximum atomic E-state index is 6.10. The second kappa shape index (κ2) is 7.62. The van der Waals surface area contributed by atoms with Gasteiger partial charge < -0.3 is 10.1 Å². The average molecular weight is 311 g/mol. The van der Waals surface area contributed by atoms with E-state index in [1.165, 1.54) is 4.88 Å². The first-order valence-electron chi connectivity index (χ1n) is 6.68. The summed E-state index contributed by atoms with van der Waals surface area (Å²) in [6.07, 6.45) is 3.86. The molecule has 1 N–H and O–H groups in total. The van der Waals surface area contributed by atoms with Crippen LogP contribution in [0.2, 0.25) is 5.02 Å². The van der Waals surface area contributed by atoms with Gasteiger partial charge in [0.2, 0.25) is 0 Å². The second-order valence-corrected chi connectivity index (χ2v) is 5.93. The van der Waals surface area contributed by atoms with E-state index in [4.69, 9.17) is 16.3 Å². The Morgan fingerprint density at radius 2 is 2.30 bits per heavy atom. The lowest BCUT2D eigenvalue weighted by atomic mass is 10.0. The lowest BCUT2D eigenvalue weighted by Gasteiger charge is -2.18. The molecule has 1 aromatic carbocycles. The summed E-state index contributed by atoms with van der Waals surface area (Å²) in [5, 5.41) is 4.30. The van der Waals surface area contributed by atoms with Gasteiger partial charge in [0.1, 0.15) is 5.75 Å². The van der Waals surface area contributed by atoms with Gasteiger partial charge in [0.15, 0.2) is 0 Å². The highest BCUT2D eigenvalue weighted by atomic mass is 35.5. The monoisotopic (exact) mass is 310 g/mol. The summed E-state index contributed by atoms with van der Waals surface area (Å²) in [6.45, 7) is 3.14. The molecule has 1 atom stereocenters. The maximum Gasteiger partial charge on any atom is 0.122 e. The number of nitrogens with zero attached hydrogens (tertiary/aromatic N) is 1. The molecule has 0 saturated heterocycles. The summed E-state index contributed by atoms with van der Waals surface area (Å²) >= 11 is 7.77. The molecule has 0 aliphatic rings. The van der Waals surface area contributed by atoms with E-state index in [1.807, 2.05) is 29.9 Å². The molecule has 0 amide bonds. The molecule has 3 nitrogen and oxygen atoms in total. The Balaban J connectivity index is 2.21. The van der Waals surface area contributed by atoms with Crippen LogP contribution in [0.25, 0.3) is 0 Å². The zero-order valence-corrected chi connectivity index (χ0v) is 13.3. The van der Waals surface area contributed by atoms with Crippen LogP contribution in [0.4, 0.5) is 0 Å². The fourth-order valence-corrected chi connectivity index (χ4v) is 3.01. The fraction of sp³-hybridized carbons (Fsp3) is 0.400. The molecule has 1 unspecified atom stereocenters. The first-order valence-corrected chi connectivity index (χ1v) is 7.94. The van der Waals surface area contributed by atoms with Crippen LogP contribution in [0.1, 0.15) is 29.8 Å². The largest absolute Gasteiger partial charge is 0.496 e. The van der Waals surface area contributed by atoms with Gasteiger partial charge in [-0.05, 0) is 43.1 Å². The Labute approximate surface area is 129 Å². The smallest absolute Gasteiger partial charge is 0.122 e. The van der Waals surface area contributed by atoms with E-state index in [0.29, 0.717) is 0 Å². The third-order valence-corrected chi connectivity index (χ3v) is 4.23. The van der Waals surface area contributed by atoms with E-state index < -0.39 is 0 Å². The zero-order chi connectivity index (χ0) is 14.4. The molecule has 2 aromatic rings. The lowest BCUT2D eigenvalue weighted by molar-refractivity contribution is 0.405. The fourth-order valence-electron chi connectivity index (χ4n) is 2.12. The third kappa shape index (κ3) is 3.95. The quantitative estimate of drug-likeness (QED) is 0.836. The summed E-state index contributed by atoms with van der Waals surface area (Å²) in [6, 6.07) is 5.99. The predicted octanol–water partition coefficient (Wildman–Crippen LogP) is 4.09. The molecule has 0 radical (unpaired) electrons. The van der Waals surface area contributed by atoms with Crippen LogP contribution in [-0.4, -0.2) is 18.6 Å². The minimum atomic E-state index is 0.245. The normalized spacial score (nSPS) is 12.3. The van der Waals surface area contributed by atoms with Crippen LogP contribution >= 0.6 is 22.9 Å². The first-order chi connectivity index (χ1) is 9.74. The Hall–Kier alpha value is -1.10. The molecule has 0 bridgehead atoms. The molecule has 0 fully saturated rings. The molecule has 0 aliphatic carbocycles. The number of aromatic nitrogens is 1. The van der Waals surface area contributed by atoms with Gasteiger partial charge in [0.05, 0.1) is 12.6 Å². The molecule has 108 valence electrons. The van der Waals surface area contributed by atoms with Crippen molar-refractivity contribution < 1.29 is 4.74 Å². The molecule has 2 rings (SSSR count). The molecular formula is C15H19ClN2OS. The Morgan fingerprint density at radius 3 is 2.95 bits per heavy atom. The molecule has 0 aliphatic heterocycles. The standard InChI is InChI=1S/C15H19ClN2OS/c1-3-6-18-13(15-9-17-10-20-15)8-11-7-12(16)4-5-14(11)19-2/h4-5,7,9-10,13,18H,3,6,8H2,1-2H3. The predicted molar refractivity (Wildman–Crippen MR) is 84.9 cm³/mol. The van der Waals surface area contributed by atoms with Crippen molar-refractivity contribution in [2.24, 2.45) is 0 Å². The van der Waals surface area contributed by atoms with E-state index in [1.54, 1.807) is 18.4 Å². The van der Waals surface area contributed by atoms with Gasteiger partial charge in [0.25, 0.3) is 0 Å². The van der Waals surface area contributed by atoms with Crippen LogP contribution in [-0.2, 0) is 6.42 Å². The third-order valence-electron chi connectivity index (χ3n) is 3.10. The van der Waals surface area contributed by atoms with E-state index >= 15 is 0 Å². The van der Waals surface area contributed by atoms with Gasteiger partial charge in [-0.1, -0.05) is 18.5 Å². The van der Waals surface area contributed by atoms with Gasteiger partial charge >= 0.3 is 0 Å². The van der Waals surface area contributed by atoms with E-state index in [9.17, 15) is 0 Å². The number of hydrogen-bond acceptors (Lipinski definition) is 4. The number of ether oxygens (including phenoxy) is 1. The maximum absolute atomic E-state index is 6.10. The van der Waals surface area contributed by atoms with Gasteiger partial charge in [0, 0.05) is 22.1 Å². The van der Waals surface area contributed by atoms with Crippen molar-refractivity contribution in [1.29, 1.82) is 0 Å². The highest BCUT2D eigenvalue weighted by molar-refractivity contribution is 7.09. The van der Waals surface area contributed by atoms with Gasteiger partial charge in [-0.15, -0.1) is 11.3 Å². The number of rotatable bonds is 7. The molecule has 1 heterocycles. The van der Waals surface area contributed by atoms with Crippen LogP contribution in [0.3, 0.4) is 0 Å². The molecule has 0 spiro atoms. The van der Waals surface area contributed by atoms with Crippen LogP contribution < -0.4 is 10.1 Å². The summed E-state index contributed by atoms with van der Waals surface area (Å²) in [5.41, 5.74) is 2.98. The van der Waals surface area contributed by atoms with Crippen LogP contribution in [0, 0.1) is 0 Å². The van der Waals surface area contributed by atoms with Gasteiger partial charge in [-0.3, -0.25) is 4.98 Å². The molecule has 0 saturated carbocycles. The Morgan fingerprint density at radius 1 is 1.45 bits per heavy atom. The van der Waals surface area contributed by atoms with Crippen molar-refractivity contribution >= 4 is 22.9 Å². The van der Waals surface area contributed by atoms with Crippen molar-refractivity contribution in [2.75, 3.05) is 13.7 Å². The van der Waals surface area contributed by atoms with Gasteiger partial charge in [-0.25, -0.2) is 0 Å². The molecular weight excluding hydrogens is 292 g/mol. The molecule has 1 aromatic heterocycles. The molecule has 5 heteroatoms. The Kier molecular flexibility index (Phi) is 5.83. The van der Waals surface area contributed by atoms with E-state index in [2.05, 4.69) is 17.2 Å². The highest BCUT2D eigenvalue weighted by Gasteiger charge is 2.16. The number of halogens is 1. The SMILES string of the molecule is CCCNC(Cc1cc(Cl)ccc1OC)c1cncs1. The van der Waals surface area contributed by atoms with Gasteiger partial charge in [-0.2, -0.15) is 0 Å². The number of methoxy groups -OCH3 is 1. The van der Waals surface area contributed by atoms with Crippen molar-refractivity contribution in [3.63, 3.8) is 0 Å². The molecule has 20 heavy (non-hydrogen) atoms. The second-order valence-electron chi connectivity index (χ2n) is 4.57. The van der Waals surface area contributed by atoms with Crippen molar-refractivity contribution in [3.8, 4) is 5.75 Å². The number of benzene rings is 1. The van der Waals surface area contributed by atoms with Crippen LogP contribution in [0.5, 0.6) is 5.75 Å². The van der Waals surface area contributed by atoms with Crippen molar-refractivity contribution in [3.05, 3.63) is 45.4 Å². The summed E-state index contributed by atoms with van der Waals surface area (Å²) in [7, 11) is 1.69. The summed E-state index contributed by atoms with van der Waals surface area (Å²) in [4.78, 5) is 5.41. The topological polar surface area (TPSA) is 34.1 Å². The van der Waals surface area contributed by atoms with Crippen LogP contribution in [0.15, 0.2) is 29.9 Å². The van der Waals surface area contributed by atoms with E-state index in [-0.39, 0.29) is 6.04 Å². The number of hydrogen-bond donors (Lipinski definition) is 1. The lowest BCUT2D eigenvalue weighted by Crippen LogP contribution is -2.23. The first kappa shape index (κ1) is 15.3. The van der Waals surface area contributed by atoms with Crippen molar-refractivity contribution in [1.82, 2.24) is 10.3 Å². The van der Waals surface area contributed by atoms with Crippen molar-refractivity contribution in [2.45, 2.75) is 25.8 Å². The minimum Gasteiger partial charge on any atom is -0.496 e. The number of thiazole rings is 1. The summed E-state index contributed by atoms with van der Waals surface area (Å²) in [5.74, 6) is 0.877. The summed E-state index contributed by atoms with van der Waals surface area (Å²) < 4.78 is 5.42. The minimum absolute atomic E-state index is 0.245. The van der Waals surface area contributed by atoms with E-state index in [0.717, 1.165) is 35.7 Å². The Bertz CT molecular complexity index is 531. The number of nitrogens with one attached hydrogen (secondary N) is 1. The highest BCUT2D eigenvalue weighted by Crippen LogP contribution is 2.29.